The second-order valence-corrected chi connectivity index (χ2v) is 5.61. The normalized spacial score (nSPS) is 8.53. The van der Waals surface area contributed by atoms with Crippen LogP contribution in [0.25, 0.3) is 0 Å². The van der Waals surface area contributed by atoms with Gasteiger partial charge in [0, 0.05) is 8.77 Å². The Balaban J connectivity index is -0.000000256. The van der Waals surface area contributed by atoms with Gasteiger partial charge in [0.2, 0.25) is 0 Å². The minimum Gasteiger partial charge on any atom is -0.514 e. The van der Waals surface area contributed by atoms with Crippen molar-refractivity contribution in [2.75, 3.05) is 13.2 Å². The van der Waals surface area contributed by atoms with Gasteiger partial charge in [-0.25, -0.2) is 0 Å². The SMILES string of the molecule is CCCCCOC(=S)[S-].CCCCCOC(=S)[S-].[Cd+2]. The summed E-state index contributed by atoms with van der Waals surface area (Å²) < 4.78 is 10.3. The monoisotopic (exact) mass is 440 g/mol. The van der Waals surface area contributed by atoms with Crippen molar-refractivity contribution in [3.05, 3.63) is 0 Å². The summed E-state index contributed by atoms with van der Waals surface area (Å²) in [6, 6.07) is 0. The molecule has 0 aromatic carbocycles. The Bertz CT molecular complexity index is 194. The first-order valence-corrected chi connectivity index (χ1v) is 7.85. The molecule has 0 rings (SSSR count). The number of hydrogen-bond acceptors (Lipinski definition) is 6. The molecule has 0 unspecified atom stereocenters. The number of thiocarbonyl (C=S) groups is 2. The van der Waals surface area contributed by atoms with Crippen LogP contribution in [0.3, 0.4) is 0 Å². The molecule has 0 aliphatic rings. The van der Waals surface area contributed by atoms with E-state index in [1.165, 1.54) is 25.7 Å². The molecule has 0 amide bonds. The largest absolute Gasteiger partial charge is 2.00 e. The summed E-state index contributed by atoms with van der Waals surface area (Å²) in [5.74, 6) is 0. The minimum atomic E-state index is 0. The van der Waals surface area contributed by atoms with Gasteiger partial charge < -0.3 is 59.2 Å². The van der Waals surface area contributed by atoms with E-state index in [1.54, 1.807) is 0 Å². The number of ether oxygens (including phenoxy) is 2. The molecule has 0 aromatic rings. The van der Waals surface area contributed by atoms with E-state index in [2.05, 4.69) is 63.5 Å². The summed E-state index contributed by atoms with van der Waals surface area (Å²) >= 11 is 18.2. The van der Waals surface area contributed by atoms with Gasteiger partial charge in [-0.15, -0.1) is 0 Å². The molecule has 0 radical (unpaired) electrons. The minimum absolute atomic E-state index is 0. The van der Waals surface area contributed by atoms with Crippen molar-refractivity contribution >= 4 is 58.5 Å². The Morgan fingerprint density at radius 2 is 1.11 bits per heavy atom. The van der Waals surface area contributed by atoms with Gasteiger partial charge in [-0.05, 0) is 12.8 Å². The van der Waals surface area contributed by atoms with Gasteiger partial charge in [0.15, 0.2) is 0 Å². The van der Waals surface area contributed by atoms with Crippen molar-refractivity contribution < 1.29 is 36.8 Å². The molecule has 19 heavy (non-hydrogen) atoms. The van der Waals surface area contributed by atoms with Gasteiger partial charge >= 0.3 is 27.3 Å². The van der Waals surface area contributed by atoms with Crippen LogP contribution in [0.5, 0.6) is 0 Å². The van der Waals surface area contributed by atoms with Crippen molar-refractivity contribution in [2.45, 2.75) is 52.4 Å². The van der Waals surface area contributed by atoms with Crippen LogP contribution in [0.4, 0.5) is 0 Å². The van der Waals surface area contributed by atoms with Crippen LogP contribution in [0.15, 0.2) is 0 Å². The van der Waals surface area contributed by atoms with Crippen LogP contribution in [0.1, 0.15) is 52.4 Å². The molecule has 0 N–H and O–H groups in total. The van der Waals surface area contributed by atoms with Crippen LogP contribution in [-0.2, 0) is 62.0 Å². The molecule has 0 aliphatic carbocycles. The number of unbranched alkanes of at least 4 members (excludes halogenated alkanes) is 4. The fourth-order valence-electron chi connectivity index (χ4n) is 1.02. The van der Waals surface area contributed by atoms with E-state index in [4.69, 9.17) is 9.47 Å². The predicted octanol–water partition coefficient (Wildman–Crippen LogP) is 4.05. The zero-order valence-corrected chi connectivity index (χ0v) is 19.1. The van der Waals surface area contributed by atoms with Gasteiger partial charge in [-0.1, -0.05) is 39.5 Å². The quantitative estimate of drug-likeness (QED) is 0.244. The maximum absolute atomic E-state index is 4.89. The van der Waals surface area contributed by atoms with E-state index >= 15 is 0 Å². The molecular formula is C12H22CdO2S4. The van der Waals surface area contributed by atoms with Crippen molar-refractivity contribution in [3.8, 4) is 0 Å². The van der Waals surface area contributed by atoms with Gasteiger partial charge in [0.1, 0.15) is 0 Å². The van der Waals surface area contributed by atoms with E-state index < -0.39 is 0 Å². The van der Waals surface area contributed by atoms with Crippen LogP contribution in [0.2, 0.25) is 0 Å². The second-order valence-electron chi connectivity index (χ2n) is 3.61. The second kappa shape index (κ2) is 21.4. The van der Waals surface area contributed by atoms with Crippen LogP contribution < -0.4 is 0 Å². The van der Waals surface area contributed by atoms with Crippen LogP contribution >= 0.6 is 24.4 Å². The average molecular weight is 439 g/mol. The molecule has 0 atom stereocenters. The van der Waals surface area contributed by atoms with Crippen LogP contribution in [-0.4, -0.2) is 22.0 Å². The third-order valence-electron chi connectivity index (χ3n) is 1.94. The van der Waals surface area contributed by atoms with Crippen molar-refractivity contribution in [3.63, 3.8) is 0 Å². The van der Waals surface area contributed by atoms with E-state index in [0.717, 1.165) is 12.8 Å². The maximum Gasteiger partial charge on any atom is 2.00 e. The standard InChI is InChI=1S/2C6H12OS2.Cd/c2*1-2-3-4-5-7-6(8)9;/h2*2-5H2,1H3,(H,8,9);/q;;+2/p-2. The Labute approximate surface area is 159 Å². The first kappa shape index (κ1) is 25.1. The molecule has 0 fully saturated rings. The van der Waals surface area contributed by atoms with E-state index in [9.17, 15) is 0 Å². The van der Waals surface area contributed by atoms with Gasteiger partial charge in [-0.2, -0.15) is 0 Å². The maximum atomic E-state index is 4.89. The van der Waals surface area contributed by atoms with E-state index in [-0.39, 0.29) is 36.1 Å². The summed E-state index contributed by atoms with van der Waals surface area (Å²) in [6.07, 6.45) is 6.91. The molecular weight excluding hydrogens is 417 g/mol. The van der Waals surface area contributed by atoms with Crippen molar-refractivity contribution in [1.82, 2.24) is 0 Å². The van der Waals surface area contributed by atoms with Crippen molar-refractivity contribution in [2.24, 2.45) is 0 Å². The Morgan fingerprint density at radius 1 is 0.789 bits per heavy atom. The zero-order valence-electron chi connectivity index (χ0n) is 11.8. The molecule has 0 heterocycles. The first-order valence-electron chi connectivity index (χ1n) is 6.22. The molecule has 0 aromatic heterocycles. The third kappa shape index (κ3) is 32.6. The van der Waals surface area contributed by atoms with Gasteiger partial charge in [0.25, 0.3) is 0 Å². The summed E-state index contributed by atoms with van der Waals surface area (Å²) in [7, 11) is 0. The number of rotatable bonds is 8. The first-order chi connectivity index (χ1) is 8.54. The van der Waals surface area contributed by atoms with Gasteiger partial charge in [-0.3, -0.25) is 0 Å². The summed E-state index contributed by atoms with van der Waals surface area (Å²) in [4.78, 5) is 0. The predicted molar refractivity (Wildman–Crippen MR) is 90.9 cm³/mol. The Hall–Kier alpha value is 1.14. The molecule has 2 nitrogen and oxygen atoms in total. The molecule has 7 heteroatoms. The molecule has 0 saturated carbocycles. The van der Waals surface area contributed by atoms with E-state index in [0.29, 0.717) is 13.2 Å². The molecule has 0 saturated heterocycles. The molecule has 0 bridgehead atoms. The van der Waals surface area contributed by atoms with Crippen LogP contribution in [0, 0.1) is 0 Å². The van der Waals surface area contributed by atoms with Gasteiger partial charge in [0.05, 0.1) is 13.2 Å². The molecule has 0 spiro atoms. The Kier molecular flexibility index (Phi) is 28.3. The molecule has 108 valence electrons. The third-order valence-corrected chi connectivity index (χ3v) is 2.41. The zero-order chi connectivity index (χ0) is 14.2. The molecule has 0 aliphatic heterocycles. The topological polar surface area (TPSA) is 18.5 Å². The number of hydrogen-bond donors (Lipinski definition) is 0. The summed E-state index contributed by atoms with van der Waals surface area (Å²) in [5, 5.41) is 0. The average Bonchev–Trinajstić information content (AvgIpc) is 2.31. The summed E-state index contributed by atoms with van der Waals surface area (Å²) in [6.45, 7) is 5.67. The fourth-order valence-corrected chi connectivity index (χ4v) is 1.35. The fraction of sp³-hybridized carbons (Fsp3) is 0.833. The Morgan fingerprint density at radius 3 is 1.32 bits per heavy atom. The smallest absolute Gasteiger partial charge is 0.514 e. The van der Waals surface area contributed by atoms with Crippen molar-refractivity contribution in [1.29, 1.82) is 0 Å². The van der Waals surface area contributed by atoms with E-state index in [1.807, 2.05) is 0 Å². The summed E-state index contributed by atoms with van der Waals surface area (Å²) in [5.41, 5.74) is 0.